The summed E-state index contributed by atoms with van der Waals surface area (Å²) in [4.78, 5) is 11.9. The van der Waals surface area contributed by atoms with Crippen LogP contribution in [0.25, 0.3) is 0 Å². The van der Waals surface area contributed by atoms with E-state index in [-0.39, 0.29) is 0 Å². The number of carbonyl (C=O) groups is 1. The van der Waals surface area contributed by atoms with Crippen LogP contribution in [0.1, 0.15) is 6.92 Å². The van der Waals surface area contributed by atoms with Gasteiger partial charge in [-0.05, 0) is 31.2 Å². The van der Waals surface area contributed by atoms with E-state index in [9.17, 15) is 4.79 Å². The molecule has 0 aliphatic rings. The molecule has 0 unspecified atom stereocenters. The van der Waals surface area contributed by atoms with Crippen molar-refractivity contribution < 1.29 is 13.7 Å². The summed E-state index contributed by atoms with van der Waals surface area (Å²) in [7, 11) is 1.60. The van der Waals surface area contributed by atoms with Gasteiger partial charge >= 0.3 is 5.97 Å². The average Bonchev–Trinajstić information content (AvgIpc) is 2.26. The molecular formula is C10H13NO3S. The van der Waals surface area contributed by atoms with Crippen LogP contribution in [0.4, 0.5) is 0 Å². The zero-order valence-electron chi connectivity index (χ0n) is 8.60. The highest BCUT2D eigenvalue weighted by Gasteiger charge is 2.09. The van der Waals surface area contributed by atoms with Gasteiger partial charge < -0.3 is 14.7 Å². The molecule has 0 aliphatic heterocycles. The first-order chi connectivity index (χ1) is 7.13. The summed E-state index contributed by atoms with van der Waals surface area (Å²) in [6.45, 7) is 1.58. The first-order valence-corrected chi connectivity index (χ1v) is 5.15. The molecule has 0 fully saturated rings. The molecule has 82 valence electrons. The maximum atomic E-state index is 11.0. The molecule has 0 heterocycles. The van der Waals surface area contributed by atoms with Crippen LogP contribution in [0, 0.1) is 0 Å². The van der Waals surface area contributed by atoms with Crippen molar-refractivity contribution in [3.63, 3.8) is 0 Å². The molecule has 0 aromatic heterocycles. The molecule has 15 heavy (non-hydrogen) atoms. The van der Waals surface area contributed by atoms with Crippen LogP contribution in [-0.2, 0) is 8.98 Å². The monoisotopic (exact) mass is 227 g/mol. The molecule has 0 radical (unpaired) electrons. The van der Waals surface area contributed by atoms with Gasteiger partial charge in [-0.2, -0.15) is 0 Å². The van der Waals surface area contributed by atoms with Crippen molar-refractivity contribution in [2.24, 2.45) is 5.73 Å². The van der Waals surface area contributed by atoms with Crippen LogP contribution in [0.5, 0.6) is 5.75 Å². The quantitative estimate of drug-likeness (QED) is 0.791. The predicted octanol–water partition coefficient (Wildman–Crippen LogP) is 1.59. The molecule has 0 saturated carbocycles. The molecule has 2 N–H and O–H groups in total. The molecule has 0 aliphatic carbocycles. The number of rotatable bonds is 4. The van der Waals surface area contributed by atoms with E-state index in [0.717, 1.165) is 22.7 Å². The van der Waals surface area contributed by atoms with E-state index < -0.39 is 12.0 Å². The summed E-state index contributed by atoms with van der Waals surface area (Å²) in [5.41, 5.74) is 5.34. The Hall–Kier alpha value is -1.20. The number of carbonyl (C=O) groups excluding carboxylic acids is 1. The molecule has 1 aromatic rings. The summed E-state index contributed by atoms with van der Waals surface area (Å²) < 4.78 is 9.87. The summed E-state index contributed by atoms with van der Waals surface area (Å²) in [6, 6.07) is 6.59. The van der Waals surface area contributed by atoms with Gasteiger partial charge in [-0.25, -0.2) is 4.79 Å². The smallest absolute Gasteiger partial charge is 0.334 e. The zero-order chi connectivity index (χ0) is 11.3. The van der Waals surface area contributed by atoms with Crippen molar-refractivity contribution in [2.75, 3.05) is 7.11 Å². The molecule has 4 nitrogen and oxygen atoms in total. The number of nitrogens with two attached hydrogens (primary N) is 1. The largest absolute Gasteiger partial charge is 0.497 e. The summed E-state index contributed by atoms with van der Waals surface area (Å²) >= 11 is 0.991. The van der Waals surface area contributed by atoms with Gasteiger partial charge in [0.15, 0.2) is 0 Å². The molecule has 0 spiro atoms. The lowest BCUT2D eigenvalue weighted by Crippen LogP contribution is -2.26. The van der Waals surface area contributed by atoms with Gasteiger partial charge in [-0.15, -0.1) is 0 Å². The van der Waals surface area contributed by atoms with E-state index in [1.807, 2.05) is 0 Å². The maximum absolute atomic E-state index is 11.0. The third-order valence-electron chi connectivity index (χ3n) is 1.65. The Kier molecular flexibility index (Phi) is 4.45. The molecule has 0 saturated heterocycles. The van der Waals surface area contributed by atoms with E-state index in [1.165, 1.54) is 0 Å². The van der Waals surface area contributed by atoms with Crippen LogP contribution in [0.2, 0.25) is 0 Å². The number of hydrogen-bond donors (Lipinski definition) is 1. The number of methoxy groups -OCH3 is 1. The Morgan fingerprint density at radius 2 is 2.00 bits per heavy atom. The Balaban J connectivity index is 2.47. The zero-order valence-corrected chi connectivity index (χ0v) is 9.41. The Morgan fingerprint density at radius 1 is 1.40 bits per heavy atom. The fourth-order valence-corrected chi connectivity index (χ4v) is 1.37. The number of benzene rings is 1. The second kappa shape index (κ2) is 5.63. The fraction of sp³-hybridized carbons (Fsp3) is 0.300. The van der Waals surface area contributed by atoms with Crippen molar-refractivity contribution in [1.29, 1.82) is 0 Å². The van der Waals surface area contributed by atoms with Crippen LogP contribution in [-0.4, -0.2) is 19.1 Å². The minimum Gasteiger partial charge on any atom is -0.497 e. The maximum Gasteiger partial charge on any atom is 0.334 e. The minimum absolute atomic E-state index is 0.434. The SMILES string of the molecule is COc1ccc(SOC(=O)[C@H](C)N)cc1. The van der Waals surface area contributed by atoms with Crippen LogP contribution in [0.15, 0.2) is 29.2 Å². The van der Waals surface area contributed by atoms with Gasteiger partial charge in [-0.1, -0.05) is 0 Å². The van der Waals surface area contributed by atoms with E-state index in [1.54, 1.807) is 38.3 Å². The Morgan fingerprint density at radius 3 is 2.47 bits per heavy atom. The van der Waals surface area contributed by atoms with Gasteiger partial charge in [0.2, 0.25) is 0 Å². The van der Waals surface area contributed by atoms with Crippen molar-refractivity contribution in [1.82, 2.24) is 0 Å². The van der Waals surface area contributed by atoms with Crippen LogP contribution in [0.3, 0.4) is 0 Å². The Labute approximate surface area is 93.0 Å². The lowest BCUT2D eigenvalue weighted by molar-refractivity contribution is -0.134. The standard InChI is InChI=1S/C10H13NO3S/c1-7(11)10(12)14-15-9-5-3-8(13-2)4-6-9/h3-7H,11H2,1-2H3/t7-/m0/s1. The van der Waals surface area contributed by atoms with Crippen molar-refractivity contribution >= 4 is 18.0 Å². The molecule has 5 heteroatoms. The first kappa shape index (κ1) is 11.9. The van der Waals surface area contributed by atoms with E-state index in [4.69, 9.17) is 14.7 Å². The second-order valence-electron chi connectivity index (χ2n) is 2.95. The second-order valence-corrected chi connectivity index (χ2v) is 3.75. The number of hydrogen-bond acceptors (Lipinski definition) is 5. The molecule has 0 bridgehead atoms. The van der Waals surface area contributed by atoms with Gasteiger partial charge in [0.1, 0.15) is 11.8 Å². The molecule has 1 atom stereocenters. The highest BCUT2D eigenvalue weighted by molar-refractivity contribution is 7.95. The van der Waals surface area contributed by atoms with Gasteiger partial charge in [0.05, 0.1) is 19.2 Å². The highest BCUT2D eigenvalue weighted by atomic mass is 32.2. The van der Waals surface area contributed by atoms with Crippen molar-refractivity contribution in [3.05, 3.63) is 24.3 Å². The van der Waals surface area contributed by atoms with E-state index >= 15 is 0 Å². The van der Waals surface area contributed by atoms with Crippen LogP contribution >= 0.6 is 12.0 Å². The molecule has 1 rings (SSSR count). The number of ether oxygens (including phenoxy) is 1. The normalized spacial score (nSPS) is 11.9. The lowest BCUT2D eigenvalue weighted by Gasteiger charge is -2.05. The third kappa shape index (κ3) is 3.81. The van der Waals surface area contributed by atoms with Crippen LogP contribution < -0.4 is 10.5 Å². The van der Waals surface area contributed by atoms with Gasteiger partial charge in [0, 0.05) is 4.90 Å². The first-order valence-electron chi connectivity index (χ1n) is 4.41. The van der Waals surface area contributed by atoms with E-state index in [2.05, 4.69) is 0 Å². The van der Waals surface area contributed by atoms with Crippen molar-refractivity contribution in [2.45, 2.75) is 17.9 Å². The average molecular weight is 227 g/mol. The summed E-state index contributed by atoms with van der Waals surface area (Å²) in [5, 5.41) is 0. The summed E-state index contributed by atoms with van der Waals surface area (Å²) in [5.74, 6) is 0.327. The molecular weight excluding hydrogens is 214 g/mol. The van der Waals surface area contributed by atoms with Crippen molar-refractivity contribution in [3.8, 4) is 5.75 Å². The molecule has 1 aromatic carbocycles. The minimum atomic E-state index is -0.601. The third-order valence-corrected chi connectivity index (χ3v) is 2.36. The summed E-state index contributed by atoms with van der Waals surface area (Å²) in [6.07, 6.45) is 0. The highest BCUT2D eigenvalue weighted by Crippen LogP contribution is 2.22. The Bertz CT molecular complexity index is 324. The topological polar surface area (TPSA) is 61.5 Å². The lowest BCUT2D eigenvalue weighted by atomic mass is 10.3. The predicted molar refractivity (Wildman–Crippen MR) is 58.6 cm³/mol. The fourth-order valence-electron chi connectivity index (χ4n) is 0.796. The molecule has 0 amide bonds. The van der Waals surface area contributed by atoms with Gasteiger partial charge in [0.25, 0.3) is 0 Å². The van der Waals surface area contributed by atoms with Gasteiger partial charge in [-0.3, -0.25) is 0 Å². The van der Waals surface area contributed by atoms with E-state index in [0.29, 0.717) is 0 Å².